The monoisotopic (exact) mass is 413 g/mol. The maximum Gasteiger partial charge on any atom is 0.338 e. The van der Waals surface area contributed by atoms with E-state index in [1.54, 1.807) is 25.1 Å². The Hall–Kier alpha value is -3.05. The molecule has 4 nitrogen and oxygen atoms in total. The van der Waals surface area contributed by atoms with Crippen LogP contribution in [-0.4, -0.2) is 12.6 Å². The molecule has 3 aromatic rings. The van der Waals surface area contributed by atoms with Crippen molar-refractivity contribution in [3.05, 3.63) is 94.3 Å². The first-order chi connectivity index (χ1) is 14.1. The van der Waals surface area contributed by atoms with Crippen LogP contribution < -0.4 is 10.1 Å². The summed E-state index contributed by atoms with van der Waals surface area (Å²) in [6.07, 6.45) is 0. The van der Waals surface area contributed by atoms with Crippen LogP contribution in [0.5, 0.6) is 5.75 Å². The molecule has 0 heterocycles. The summed E-state index contributed by atoms with van der Waals surface area (Å²) in [7, 11) is 0. The van der Waals surface area contributed by atoms with Crippen molar-refractivity contribution in [2.75, 3.05) is 11.9 Å². The molecular weight excluding hydrogens is 393 g/mol. The molecule has 0 fully saturated rings. The molecule has 0 aromatic heterocycles. The van der Waals surface area contributed by atoms with E-state index in [2.05, 4.69) is 5.32 Å². The molecule has 0 aliphatic heterocycles. The van der Waals surface area contributed by atoms with Gasteiger partial charge >= 0.3 is 5.97 Å². The van der Waals surface area contributed by atoms with Crippen molar-refractivity contribution in [3.8, 4) is 5.75 Å². The van der Waals surface area contributed by atoms with Crippen molar-refractivity contribution >= 4 is 23.3 Å². The van der Waals surface area contributed by atoms with E-state index in [0.717, 1.165) is 11.3 Å². The lowest BCUT2D eigenvalue weighted by molar-refractivity contribution is 0.0526. The Balaban J connectivity index is 1.62. The zero-order valence-corrected chi connectivity index (χ0v) is 16.7. The minimum absolute atomic E-state index is 0.240. The Labute approximate surface area is 174 Å². The third-order valence-electron chi connectivity index (χ3n) is 4.25. The number of carbonyl (C=O) groups is 1. The molecule has 3 rings (SSSR count). The van der Waals surface area contributed by atoms with Gasteiger partial charge in [0.25, 0.3) is 0 Å². The van der Waals surface area contributed by atoms with Gasteiger partial charge in [-0.2, -0.15) is 0 Å². The quantitative estimate of drug-likeness (QED) is 0.471. The molecule has 150 valence electrons. The summed E-state index contributed by atoms with van der Waals surface area (Å²) >= 11 is 6.07. The van der Waals surface area contributed by atoms with Crippen LogP contribution >= 0.6 is 11.6 Å². The van der Waals surface area contributed by atoms with Gasteiger partial charge in [-0.15, -0.1) is 0 Å². The van der Waals surface area contributed by atoms with Crippen LogP contribution in [0, 0.1) is 5.82 Å². The first-order valence-electron chi connectivity index (χ1n) is 9.22. The molecule has 0 atom stereocenters. The number of anilines is 1. The molecule has 3 aromatic carbocycles. The molecule has 0 unspecified atom stereocenters. The minimum Gasteiger partial charge on any atom is -0.488 e. The summed E-state index contributed by atoms with van der Waals surface area (Å²) in [4.78, 5) is 11.7. The Morgan fingerprint density at radius 1 is 1.03 bits per heavy atom. The SMILES string of the molecule is CCOC(=O)c1ccc(NCc2ccccc2OCc2ccc(F)cc2Cl)cc1. The van der Waals surface area contributed by atoms with Gasteiger partial charge in [0.15, 0.2) is 0 Å². The first kappa shape index (κ1) is 20.7. The van der Waals surface area contributed by atoms with Gasteiger partial charge in [0.2, 0.25) is 0 Å². The molecule has 0 saturated heterocycles. The summed E-state index contributed by atoms with van der Waals surface area (Å²) in [6.45, 7) is 2.90. The summed E-state index contributed by atoms with van der Waals surface area (Å²) < 4.78 is 24.1. The van der Waals surface area contributed by atoms with Crippen LogP contribution in [0.3, 0.4) is 0 Å². The maximum absolute atomic E-state index is 13.2. The summed E-state index contributed by atoms with van der Waals surface area (Å²) in [5, 5.41) is 3.64. The van der Waals surface area contributed by atoms with Crippen LogP contribution in [0.4, 0.5) is 10.1 Å². The van der Waals surface area contributed by atoms with E-state index in [4.69, 9.17) is 21.1 Å². The van der Waals surface area contributed by atoms with Gasteiger partial charge in [-0.05, 0) is 49.4 Å². The molecule has 29 heavy (non-hydrogen) atoms. The highest BCUT2D eigenvalue weighted by atomic mass is 35.5. The van der Waals surface area contributed by atoms with Crippen molar-refractivity contribution in [2.45, 2.75) is 20.1 Å². The number of nitrogens with one attached hydrogen (secondary N) is 1. The molecule has 0 saturated carbocycles. The van der Waals surface area contributed by atoms with E-state index in [1.165, 1.54) is 12.1 Å². The molecule has 0 spiro atoms. The molecule has 0 aliphatic rings. The minimum atomic E-state index is -0.377. The topological polar surface area (TPSA) is 47.6 Å². The second-order valence-electron chi connectivity index (χ2n) is 6.28. The highest BCUT2D eigenvalue weighted by molar-refractivity contribution is 6.31. The number of ether oxygens (including phenoxy) is 2. The van der Waals surface area contributed by atoms with E-state index >= 15 is 0 Å². The number of carbonyl (C=O) groups excluding carboxylic acids is 1. The van der Waals surface area contributed by atoms with E-state index in [-0.39, 0.29) is 18.4 Å². The molecular formula is C23H21ClFNO3. The van der Waals surface area contributed by atoms with Gasteiger partial charge in [0, 0.05) is 23.4 Å². The van der Waals surface area contributed by atoms with E-state index < -0.39 is 0 Å². The normalized spacial score (nSPS) is 10.4. The Bertz CT molecular complexity index is 976. The Morgan fingerprint density at radius 2 is 1.79 bits per heavy atom. The fourth-order valence-corrected chi connectivity index (χ4v) is 2.94. The van der Waals surface area contributed by atoms with Gasteiger partial charge in [0.05, 0.1) is 17.2 Å². The standard InChI is InChI=1S/C23H21ClFNO3/c1-2-28-23(27)16-8-11-20(12-9-16)26-14-17-5-3-4-6-22(17)29-15-18-7-10-19(25)13-21(18)24/h3-13,26H,2,14-15H2,1H3. The van der Waals surface area contributed by atoms with Crippen LogP contribution in [0.25, 0.3) is 0 Å². The first-order valence-corrected chi connectivity index (χ1v) is 9.60. The predicted octanol–water partition coefficient (Wildman–Crippen LogP) is 5.85. The second-order valence-corrected chi connectivity index (χ2v) is 6.69. The smallest absolute Gasteiger partial charge is 0.338 e. The number of esters is 1. The fourth-order valence-electron chi connectivity index (χ4n) is 2.72. The Morgan fingerprint density at radius 3 is 2.52 bits per heavy atom. The number of benzene rings is 3. The third kappa shape index (κ3) is 5.72. The van der Waals surface area contributed by atoms with Gasteiger partial charge in [-0.3, -0.25) is 0 Å². The molecule has 6 heteroatoms. The van der Waals surface area contributed by atoms with Crippen LogP contribution in [-0.2, 0) is 17.9 Å². The average Bonchev–Trinajstić information content (AvgIpc) is 2.73. The summed E-state index contributed by atoms with van der Waals surface area (Å²) in [5.74, 6) is -0.00175. The van der Waals surface area contributed by atoms with Gasteiger partial charge < -0.3 is 14.8 Å². The zero-order chi connectivity index (χ0) is 20.6. The highest BCUT2D eigenvalue weighted by Crippen LogP contribution is 2.23. The average molecular weight is 414 g/mol. The van der Waals surface area contributed by atoms with Crippen LogP contribution in [0.1, 0.15) is 28.4 Å². The van der Waals surface area contributed by atoms with Gasteiger partial charge in [0.1, 0.15) is 18.2 Å². The largest absolute Gasteiger partial charge is 0.488 e. The van der Waals surface area contributed by atoms with E-state index in [0.29, 0.717) is 35.1 Å². The lowest BCUT2D eigenvalue weighted by Gasteiger charge is -2.14. The molecule has 0 amide bonds. The second kappa shape index (κ2) is 9.94. The molecule has 0 aliphatic carbocycles. The van der Waals surface area contributed by atoms with Crippen molar-refractivity contribution in [1.82, 2.24) is 0 Å². The zero-order valence-electron chi connectivity index (χ0n) is 16.0. The lowest BCUT2D eigenvalue weighted by Crippen LogP contribution is -2.06. The number of rotatable bonds is 8. The highest BCUT2D eigenvalue weighted by Gasteiger charge is 2.08. The predicted molar refractivity (Wildman–Crippen MR) is 112 cm³/mol. The fraction of sp³-hybridized carbons (Fsp3) is 0.174. The molecule has 0 bridgehead atoms. The summed E-state index contributed by atoms with van der Waals surface area (Å²) in [5.41, 5.74) is 3.05. The number of hydrogen-bond donors (Lipinski definition) is 1. The van der Waals surface area contributed by atoms with Gasteiger partial charge in [-0.25, -0.2) is 9.18 Å². The number of hydrogen-bond acceptors (Lipinski definition) is 4. The molecule has 1 N–H and O–H groups in total. The summed E-state index contributed by atoms with van der Waals surface area (Å²) in [6, 6.07) is 19.0. The molecule has 0 radical (unpaired) electrons. The van der Waals surface area contributed by atoms with Crippen molar-refractivity contribution in [1.29, 1.82) is 0 Å². The van der Waals surface area contributed by atoms with Crippen LogP contribution in [0.15, 0.2) is 66.7 Å². The lowest BCUT2D eigenvalue weighted by atomic mass is 10.1. The van der Waals surface area contributed by atoms with Gasteiger partial charge in [-0.1, -0.05) is 35.9 Å². The van der Waals surface area contributed by atoms with E-state index in [1.807, 2.05) is 36.4 Å². The van der Waals surface area contributed by atoms with E-state index in [9.17, 15) is 9.18 Å². The van der Waals surface area contributed by atoms with Crippen molar-refractivity contribution < 1.29 is 18.7 Å². The maximum atomic E-state index is 13.2. The number of halogens is 2. The number of para-hydroxylation sites is 1. The van der Waals surface area contributed by atoms with Crippen molar-refractivity contribution in [3.63, 3.8) is 0 Å². The Kier molecular flexibility index (Phi) is 7.09. The third-order valence-corrected chi connectivity index (χ3v) is 4.60. The van der Waals surface area contributed by atoms with Crippen LogP contribution in [0.2, 0.25) is 5.02 Å². The van der Waals surface area contributed by atoms with Crippen molar-refractivity contribution in [2.24, 2.45) is 0 Å².